The van der Waals surface area contributed by atoms with Crippen molar-refractivity contribution in [1.29, 1.82) is 0 Å². The molecule has 0 aliphatic heterocycles. The van der Waals surface area contributed by atoms with Crippen molar-refractivity contribution in [1.82, 2.24) is 10.3 Å². The molecule has 1 aromatic carbocycles. The topological polar surface area (TPSA) is 44.9 Å². The van der Waals surface area contributed by atoms with Gasteiger partial charge in [-0.25, -0.2) is 0 Å². The molecule has 0 bridgehead atoms. The van der Waals surface area contributed by atoms with Crippen LogP contribution in [-0.4, -0.2) is 17.4 Å². The van der Waals surface area contributed by atoms with Gasteiger partial charge in [0.25, 0.3) is 5.91 Å². The van der Waals surface area contributed by atoms with Gasteiger partial charge in [-0.15, -0.1) is 0 Å². The van der Waals surface area contributed by atoms with Gasteiger partial charge in [-0.1, -0.05) is 32.1 Å². The second kappa shape index (κ2) is 6.12. The van der Waals surface area contributed by atoms with Crippen LogP contribution in [0.25, 0.3) is 10.9 Å². The fraction of sp³-hybridized carbons (Fsp3) is 0.471. The summed E-state index contributed by atoms with van der Waals surface area (Å²) in [5.74, 6) is 0.861. The highest BCUT2D eigenvalue weighted by atomic mass is 16.1. The number of carbonyl (C=O) groups excluding carboxylic acids is 1. The SMILES string of the molecule is O=C(NCCC1CCCCC1)c1ccc2[nH]ccc2c1. The molecule has 106 valence electrons. The molecule has 1 amide bonds. The number of aromatic nitrogens is 1. The number of nitrogens with one attached hydrogen (secondary N) is 2. The molecule has 1 saturated carbocycles. The highest BCUT2D eigenvalue weighted by molar-refractivity contribution is 5.98. The second-order valence-electron chi connectivity index (χ2n) is 5.83. The summed E-state index contributed by atoms with van der Waals surface area (Å²) in [6, 6.07) is 7.79. The van der Waals surface area contributed by atoms with Gasteiger partial charge in [0.05, 0.1) is 0 Å². The molecule has 0 saturated heterocycles. The quantitative estimate of drug-likeness (QED) is 0.870. The van der Waals surface area contributed by atoms with Crippen LogP contribution in [0.5, 0.6) is 0 Å². The Hall–Kier alpha value is -1.77. The van der Waals surface area contributed by atoms with E-state index in [9.17, 15) is 4.79 Å². The lowest BCUT2D eigenvalue weighted by molar-refractivity contribution is 0.0950. The fourth-order valence-electron chi connectivity index (χ4n) is 3.16. The first-order chi connectivity index (χ1) is 9.83. The van der Waals surface area contributed by atoms with Crippen LogP contribution in [-0.2, 0) is 0 Å². The highest BCUT2D eigenvalue weighted by Gasteiger charge is 2.13. The van der Waals surface area contributed by atoms with Gasteiger partial charge in [0.15, 0.2) is 0 Å². The Balaban J connectivity index is 1.53. The first-order valence-corrected chi connectivity index (χ1v) is 7.68. The van der Waals surface area contributed by atoms with E-state index < -0.39 is 0 Å². The molecule has 3 rings (SSSR count). The van der Waals surface area contributed by atoms with Crippen molar-refractivity contribution in [2.24, 2.45) is 5.92 Å². The van der Waals surface area contributed by atoms with E-state index in [1.807, 2.05) is 30.5 Å². The smallest absolute Gasteiger partial charge is 0.251 e. The third kappa shape index (κ3) is 3.03. The highest BCUT2D eigenvalue weighted by Crippen LogP contribution is 2.25. The standard InChI is InChI=1S/C17H22N2O/c20-17(19-10-8-13-4-2-1-3-5-13)15-6-7-16-14(12-15)9-11-18-16/h6-7,9,11-13,18H,1-5,8,10H2,(H,19,20). The van der Waals surface area contributed by atoms with Crippen LogP contribution in [0.3, 0.4) is 0 Å². The van der Waals surface area contributed by atoms with Gasteiger partial charge < -0.3 is 10.3 Å². The van der Waals surface area contributed by atoms with Crippen molar-refractivity contribution < 1.29 is 4.79 Å². The van der Waals surface area contributed by atoms with Gasteiger partial charge in [0.2, 0.25) is 0 Å². The fourth-order valence-corrected chi connectivity index (χ4v) is 3.16. The number of aromatic amines is 1. The molecule has 0 atom stereocenters. The number of H-pyrrole nitrogens is 1. The maximum atomic E-state index is 12.1. The Labute approximate surface area is 119 Å². The molecular weight excluding hydrogens is 248 g/mol. The van der Waals surface area contributed by atoms with E-state index in [1.165, 1.54) is 32.1 Å². The Morgan fingerprint density at radius 2 is 2.05 bits per heavy atom. The van der Waals surface area contributed by atoms with Crippen molar-refractivity contribution in [2.75, 3.05) is 6.54 Å². The molecule has 1 aliphatic carbocycles. The number of benzene rings is 1. The number of hydrogen-bond acceptors (Lipinski definition) is 1. The van der Waals surface area contributed by atoms with Crippen molar-refractivity contribution in [3.05, 3.63) is 36.0 Å². The lowest BCUT2D eigenvalue weighted by Gasteiger charge is -2.21. The molecular formula is C17H22N2O. The molecule has 1 aromatic heterocycles. The Morgan fingerprint density at radius 1 is 1.20 bits per heavy atom. The van der Waals surface area contributed by atoms with Crippen molar-refractivity contribution >= 4 is 16.8 Å². The first-order valence-electron chi connectivity index (χ1n) is 7.68. The van der Waals surface area contributed by atoms with E-state index in [2.05, 4.69) is 10.3 Å². The maximum Gasteiger partial charge on any atom is 0.251 e. The minimum atomic E-state index is 0.0453. The minimum absolute atomic E-state index is 0.0453. The Morgan fingerprint density at radius 3 is 2.90 bits per heavy atom. The molecule has 2 N–H and O–H groups in total. The van der Waals surface area contributed by atoms with E-state index in [0.717, 1.165) is 35.3 Å². The molecule has 20 heavy (non-hydrogen) atoms. The summed E-state index contributed by atoms with van der Waals surface area (Å²) in [4.78, 5) is 15.3. The Bertz CT molecular complexity index is 581. The lowest BCUT2D eigenvalue weighted by Crippen LogP contribution is -2.26. The average Bonchev–Trinajstić information content (AvgIpc) is 2.95. The molecule has 0 radical (unpaired) electrons. The number of hydrogen-bond donors (Lipinski definition) is 2. The van der Waals surface area contributed by atoms with E-state index in [1.54, 1.807) is 0 Å². The van der Waals surface area contributed by atoms with Crippen molar-refractivity contribution in [3.8, 4) is 0 Å². The largest absolute Gasteiger partial charge is 0.361 e. The normalized spacial score (nSPS) is 16.4. The van der Waals surface area contributed by atoms with Gasteiger partial charge in [-0.2, -0.15) is 0 Å². The summed E-state index contributed by atoms with van der Waals surface area (Å²) in [5.41, 5.74) is 1.82. The predicted molar refractivity (Wildman–Crippen MR) is 81.8 cm³/mol. The average molecular weight is 270 g/mol. The van der Waals surface area contributed by atoms with Crippen LogP contribution in [0.15, 0.2) is 30.5 Å². The zero-order chi connectivity index (χ0) is 13.8. The zero-order valence-corrected chi connectivity index (χ0v) is 11.8. The first kappa shape index (κ1) is 13.2. The monoisotopic (exact) mass is 270 g/mol. The molecule has 1 aliphatic rings. The third-order valence-electron chi connectivity index (χ3n) is 4.38. The van der Waals surface area contributed by atoms with Gasteiger partial charge >= 0.3 is 0 Å². The summed E-state index contributed by atoms with van der Waals surface area (Å²) >= 11 is 0. The van der Waals surface area contributed by atoms with Crippen molar-refractivity contribution in [3.63, 3.8) is 0 Å². The summed E-state index contributed by atoms with van der Waals surface area (Å²) in [6.45, 7) is 0.800. The summed E-state index contributed by atoms with van der Waals surface area (Å²) in [7, 11) is 0. The molecule has 0 unspecified atom stereocenters. The lowest BCUT2D eigenvalue weighted by atomic mass is 9.87. The van der Waals surface area contributed by atoms with Crippen molar-refractivity contribution in [2.45, 2.75) is 38.5 Å². The Kier molecular flexibility index (Phi) is 4.05. The molecule has 1 heterocycles. The molecule has 3 nitrogen and oxygen atoms in total. The molecule has 1 fully saturated rings. The minimum Gasteiger partial charge on any atom is -0.361 e. The number of amides is 1. The maximum absolute atomic E-state index is 12.1. The van der Waals surface area contributed by atoms with Gasteiger partial charge in [-0.05, 0) is 36.6 Å². The molecule has 3 heteroatoms. The summed E-state index contributed by atoms with van der Waals surface area (Å²) in [5, 5.41) is 4.14. The molecule has 2 aromatic rings. The van der Waals surface area contributed by atoms with E-state index in [0.29, 0.717) is 0 Å². The van der Waals surface area contributed by atoms with Crippen LogP contribution < -0.4 is 5.32 Å². The van der Waals surface area contributed by atoms with Crippen LogP contribution in [0.2, 0.25) is 0 Å². The third-order valence-corrected chi connectivity index (χ3v) is 4.38. The second-order valence-corrected chi connectivity index (χ2v) is 5.83. The number of rotatable bonds is 4. The predicted octanol–water partition coefficient (Wildman–Crippen LogP) is 3.87. The summed E-state index contributed by atoms with van der Waals surface area (Å²) < 4.78 is 0. The molecule has 0 spiro atoms. The van der Waals surface area contributed by atoms with Crippen LogP contribution >= 0.6 is 0 Å². The van der Waals surface area contributed by atoms with Crippen LogP contribution in [0.4, 0.5) is 0 Å². The van der Waals surface area contributed by atoms with Gasteiger partial charge in [0, 0.05) is 29.2 Å². The van der Waals surface area contributed by atoms with E-state index >= 15 is 0 Å². The van der Waals surface area contributed by atoms with Gasteiger partial charge in [-0.3, -0.25) is 4.79 Å². The number of fused-ring (bicyclic) bond motifs is 1. The van der Waals surface area contributed by atoms with E-state index in [-0.39, 0.29) is 5.91 Å². The summed E-state index contributed by atoms with van der Waals surface area (Å²) in [6.07, 6.45) is 9.81. The van der Waals surface area contributed by atoms with Crippen LogP contribution in [0, 0.1) is 5.92 Å². The van der Waals surface area contributed by atoms with Gasteiger partial charge in [0.1, 0.15) is 0 Å². The van der Waals surface area contributed by atoms with Crippen LogP contribution in [0.1, 0.15) is 48.9 Å². The zero-order valence-electron chi connectivity index (χ0n) is 11.8. The van der Waals surface area contributed by atoms with E-state index in [4.69, 9.17) is 0 Å². The number of carbonyl (C=O) groups is 1.